The summed E-state index contributed by atoms with van der Waals surface area (Å²) in [5.74, 6) is -0.392. The normalized spacial score (nSPS) is 14.1. The smallest absolute Gasteiger partial charge is 0.254 e. The van der Waals surface area contributed by atoms with Gasteiger partial charge in [0, 0.05) is 36.1 Å². The highest BCUT2D eigenvalue weighted by atomic mass is 19.1. The summed E-state index contributed by atoms with van der Waals surface area (Å²) in [4.78, 5) is 30.7. The zero-order chi connectivity index (χ0) is 25.5. The van der Waals surface area contributed by atoms with Gasteiger partial charge in [-0.15, -0.1) is 0 Å². The van der Waals surface area contributed by atoms with Crippen LogP contribution in [0.4, 0.5) is 4.39 Å². The summed E-state index contributed by atoms with van der Waals surface area (Å²) in [5, 5.41) is 0. The number of amides is 2. The van der Waals surface area contributed by atoms with E-state index in [1.807, 2.05) is 55.3 Å². The minimum Gasteiger partial charge on any atom is -0.345 e. The van der Waals surface area contributed by atoms with Crippen LogP contribution in [0.25, 0.3) is 0 Å². The quantitative estimate of drug-likeness (QED) is 0.376. The Hall–Kier alpha value is -3.41. The minimum atomic E-state index is -0.250. The van der Waals surface area contributed by atoms with Crippen LogP contribution in [0.2, 0.25) is 0 Å². The number of hydrogen-bond acceptors (Lipinski definition) is 2. The van der Waals surface area contributed by atoms with E-state index in [1.165, 1.54) is 18.6 Å². The second-order valence-corrected chi connectivity index (χ2v) is 9.96. The van der Waals surface area contributed by atoms with Gasteiger partial charge in [0.2, 0.25) is 5.91 Å². The highest BCUT2D eigenvalue weighted by Gasteiger charge is 2.30. The van der Waals surface area contributed by atoms with E-state index in [4.69, 9.17) is 0 Å². The van der Waals surface area contributed by atoms with Crippen molar-refractivity contribution in [2.24, 2.45) is 0 Å². The van der Waals surface area contributed by atoms with E-state index in [1.54, 1.807) is 29.2 Å². The van der Waals surface area contributed by atoms with Gasteiger partial charge in [-0.25, -0.2) is 4.39 Å². The molecule has 1 saturated carbocycles. The summed E-state index contributed by atoms with van der Waals surface area (Å²) in [6.45, 7) is 5.06. The van der Waals surface area contributed by atoms with Gasteiger partial charge in [-0.3, -0.25) is 9.59 Å². The molecule has 0 atom stereocenters. The molecular formula is C30H36FN3O2. The Kier molecular flexibility index (Phi) is 8.57. The summed E-state index contributed by atoms with van der Waals surface area (Å²) >= 11 is 0. The summed E-state index contributed by atoms with van der Waals surface area (Å²) in [6.07, 6.45) is 7.40. The van der Waals surface area contributed by atoms with Crippen molar-refractivity contribution in [2.45, 2.75) is 71.1 Å². The highest BCUT2D eigenvalue weighted by molar-refractivity contribution is 5.96. The molecule has 2 amide bonds. The predicted octanol–water partition coefficient (Wildman–Crippen LogP) is 5.89. The van der Waals surface area contributed by atoms with Crippen molar-refractivity contribution < 1.29 is 14.0 Å². The molecule has 5 nitrogen and oxygen atoms in total. The Balaban J connectivity index is 1.54. The minimum absolute atomic E-state index is 0.0191. The molecule has 0 N–H and O–H groups in total. The van der Waals surface area contributed by atoms with Gasteiger partial charge in [0.1, 0.15) is 12.4 Å². The van der Waals surface area contributed by atoms with Crippen molar-refractivity contribution in [3.8, 4) is 0 Å². The third-order valence-electron chi connectivity index (χ3n) is 7.07. The maximum absolute atomic E-state index is 13.8. The SMILES string of the molecule is CC(C)N(CC(=O)N(Cc1cccn1Cc1ccc(F)cc1)C1CCCCC1)C(=O)c1ccccc1. The standard InChI is InChI=1S/C30H36FN3O2/c1-23(2)33(30(36)25-10-5-3-6-11-25)22-29(35)34(27-12-7-4-8-13-27)21-28-14-9-19-32(28)20-24-15-17-26(31)18-16-24/h3,5-6,9-11,14-19,23,27H,4,7-8,12-13,20-22H2,1-2H3. The lowest BCUT2D eigenvalue weighted by Crippen LogP contribution is -2.49. The number of carbonyl (C=O) groups is 2. The first kappa shape index (κ1) is 25.7. The van der Waals surface area contributed by atoms with Crippen molar-refractivity contribution in [3.63, 3.8) is 0 Å². The van der Waals surface area contributed by atoms with Crippen molar-refractivity contribution >= 4 is 11.8 Å². The van der Waals surface area contributed by atoms with Gasteiger partial charge in [-0.05, 0) is 68.7 Å². The lowest BCUT2D eigenvalue weighted by atomic mass is 9.94. The molecular weight excluding hydrogens is 453 g/mol. The fraction of sp³-hybridized carbons (Fsp3) is 0.400. The topological polar surface area (TPSA) is 45.6 Å². The van der Waals surface area contributed by atoms with Gasteiger partial charge in [-0.1, -0.05) is 49.6 Å². The largest absolute Gasteiger partial charge is 0.345 e. The van der Waals surface area contributed by atoms with Gasteiger partial charge in [0.15, 0.2) is 0 Å². The number of aromatic nitrogens is 1. The van der Waals surface area contributed by atoms with Crippen LogP contribution in [0.15, 0.2) is 72.9 Å². The molecule has 4 rings (SSSR count). The maximum Gasteiger partial charge on any atom is 0.254 e. The number of rotatable bonds is 9. The molecule has 1 heterocycles. The molecule has 2 aromatic carbocycles. The molecule has 0 radical (unpaired) electrons. The molecule has 0 bridgehead atoms. The first-order valence-corrected chi connectivity index (χ1v) is 13.0. The second-order valence-electron chi connectivity index (χ2n) is 9.96. The molecule has 1 aromatic heterocycles. The second kappa shape index (κ2) is 12.0. The Morgan fingerprint density at radius 3 is 2.31 bits per heavy atom. The van der Waals surface area contributed by atoms with Crippen LogP contribution in [-0.4, -0.2) is 44.8 Å². The van der Waals surface area contributed by atoms with E-state index in [0.717, 1.165) is 36.9 Å². The Labute approximate surface area is 213 Å². The fourth-order valence-corrected chi connectivity index (χ4v) is 4.99. The number of halogens is 1. The molecule has 3 aromatic rings. The Bertz CT molecular complexity index is 1130. The molecule has 1 fully saturated rings. The van der Waals surface area contributed by atoms with Crippen molar-refractivity contribution in [1.82, 2.24) is 14.4 Å². The van der Waals surface area contributed by atoms with Gasteiger partial charge >= 0.3 is 0 Å². The lowest BCUT2D eigenvalue weighted by molar-refractivity contribution is -0.136. The number of hydrogen-bond donors (Lipinski definition) is 0. The highest BCUT2D eigenvalue weighted by Crippen LogP contribution is 2.25. The van der Waals surface area contributed by atoms with E-state index < -0.39 is 0 Å². The van der Waals surface area contributed by atoms with Gasteiger partial charge in [0.05, 0.1) is 6.54 Å². The monoisotopic (exact) mass is 489 g/mol. The molecule has 0 saturated heterocycles. The van der Waals surface area contributed by atoms with E-state index in [-0.39, 0.29) is 36.3 Å². The van der Waals surface area contributed by atoms with Crippen LogP contribution >= 0.6 is 0 Å². The summed E-state index contributed by atoms with van der Waals surface area (Å²) in [6, 6.07) is 19.8. The van der Waals surface area contributed by atoms with Crippen LogP contribution in [-0.2, 0) is 17.9 Å². The van der Waals surface area contributed by atoms with E-state index >= 15 is 0 Å². The predicted molar refractivity (Wildman–Crippen MR) is 140 cm³/mol. The number of carbonyl (C=O) groups excluding carboxylic acids is 2. The Morgan fingerprint density at radius 1 is 0.944 bits per heavy atom. The average Bonchev–Trinajstić information content (AvgIpc) is 3.34. The van der Waals surface area contributed by atoms with Crippen LogP contribution in [0.5, 0.6) is 0 Å². The van der Waals surface area contributed by atoms with Crippen molar-refractivity contribution in [2.75, 3.05) is 6.54 Å². The first-order chi connectivity index (χ1) is 17.4. The summed E-state index contributed by atoms with van der Waals surface area (Å²) in [5.41, 5.74) is 2.63. The van der Waals surface area contributed by atoms with E-state index in [0.29, 0.717) is 18.7 Å². The van der Waals surface area contributed by atoms with Crippen molar-refractivity contribution in [1.29, 1.82) is 0 Å². The third kappa shape index (κ3) is 6.42. The molecule has 1 aliphatic carbocycles. The molecule has 36 heavy (non-hydrogen) atoms. The maximum atomic E-state index is 13.8. The molecule has 6 heteroatoms. The number of nitrogens with zero attached hydrogens (tertiary/aromatic N) is 3. The van der Waals surface area contributed by atoms with Crippen LogP contribution in [0.3, 0.4) is 0 Å². The van der Waals surface area contributed by atoms with Gasteiger partial charge in [-0.2, -0.15) is 0 Å². The average molecular weight is 490 g/mol. The zero-order valence-electron chi connectivity index (χ0n) is 21.3. The third-order valence-corrected chi connectivity index (χ3v) is 7.07. The van der Waals surface area contributed by atoms with Crippen LogP contribution in [0.1, 0.15) is 67.6 Å². The van der Waals surface area contributed by atoms with Crippen molar-refractivity contribution in [3.05, 3.63) is 95.6 Å². The summed E-state index contributed by atoms with van der Waals surface area (Å²) < 4.78 is 15.5. The fourth-order valence-electron chi connectivity index (χ4n) is 4.99. The molecule has 190 valence electrons. The molecule has 0 aliphatic heterocycles. The first-order valence-electron chi connectivity index (χ1n) is 13.0. The van der Waals surface area contributed by atoms with E-state index in [2.05, 4.69) is 4.57 Å². The number of benzene rings is 2. The molecule has 1 aliphatic rings. The molecule has 0 spiro atoms. The Morgan fingerprint density at radius 2 is 1.64 bits per heavy atom. The van der Waals surface area contributed by atoms with E-state index in [9.17, 15) is 14.0 Å². The van der Waals surface area contributed by atoms with Gasteiger partial charge in [0.25, 0.3) is 5.91 Å². The van der Waals surface area contributed by atoms with Crippen LogP contribution in [0, 0.1) is 5.82 Å². The molecule has 0 unspecified atom stereocenters. The van der Waals surface area contributed by atoms with Crippen LogP contribution < -0.4 is 0 Å². The van der Waals surface area contributed by atoms with Gasteiger partial charge < -0.3 is 14.4 Å². The zero-order valence-corrected chi connectivity index (χ0v) is 21.3. The summed E-state index contributed by atoms with van der Waals surface area (Å²) in [7, 11) is 0. The lowest BCUT2D eigenvalue weighted by Gasteiger charge is -2.37.